The minimum absolute atomic E-state index is 0.775. The fourth-order valence-corrected chi connectivity index (χ4v) is 2.85. The summed E-state index contributed by atoms with van der Waals surface area (Å²) in [5.41, 5.74) is 1.91. The monoisotopic (exact) mass is 318 g/mol. The number of nitrogens with zero attached hydrogens (tertiary/aromatic N) is 6. The molecule has 3 aromatic rings. The Kier molecular flexibility index (Phi) is 4.02. The summed E-state index contributed by atoms with van der Waals surface area (Å²) in [5.74, 6) is 1.80. The van der Waals surface area contributed by atoms with Gasteiger partial charge in [-0.15, -0.1) is 0 Å². The molecule has 0 atom stereocenters. The summed E-state index contributed by atoms with van der Waals surface area (Å²) in [5, 5.41) is 0. The zero-order valence-electron chi connectivity index (χ0n) is 13.3. The van der Waals surface area contributed by atoms with Crippen molar-refractivity contribution in [3.63, 3.8) is 0 Å². The van der Waals surface area contributed by atoms with Crippen LogP contribution in [0.15, 0.2) is 61.2 Å². The largest absolute Gasteiger partial charge is 0.353 e. The first-order valence-corrected chi connectivity index (χ1v) is 8.04. The summed E-state index contributed by atoms with van der Waals surface area (Å²) in [6, 6.07) is 11.9. The van der Waals surface area contributed by atoms with Crippen molar-refractivity contribution in [2.24, 2.45) is 0 Å². The number of hydrogen-bond donors (Lipinski definition) is 0. The Balaban J connectivity index is 1.48. The van der Waals surface area contributed by atoms with E-state index in [1.54, 1.807) is 6.20 Å². The molecule has 0 radical (unpaired) electrons. The van der Waals surface area contributed by atoms with Gasteiger partial charge in [-0.3, -0.25) is 4.98 Å². The van der Waals surface area contributed by atoms with E-state index in [-0.39, 0.29) is 0 Å². The third kappa shape index (κ3) is 3.03. The molecule has 0 bridgehead atoms. The second-order valence-electron chi connectivity index (χ2n) is 5.65. The van der Waals surface area contributed by atoms with E-state index >= 15 is 0 Å². The lowest BCUT2D eigenvalue weighted by molar-refractivity contribution is 0.635. The van der Waals surface area contributed by atoms with Gasteiger partial charge in [0.25, 0.3) is 0 Å². The SMILES string of the molecule is c1ccc(N2CCN(c3nccc(-c4cccnc4)n3)CC2)nc1. The Morgan fingerprint density at radius 2 is 1.62 bits per heavy atom. The van der Waals surface area contributed by atoms with Crippen LogP contribution in [0.5, 0.6) is 0 Å². The first kappa shape index (κ1) is 14.6. The fraction of sp³-hybridized carbons (Fsp3) is 0.222. The minimum Gasteiger partial charge on any atom is -0.353 e. The second-order valence-corrected chi connectivity index (χ2v) is 5.65. The molecule has 24 heavy (non-hydrogen) atoms. The average molecular weight is 318 g/mol. The van der Waals surface area contributed by atoms with Crippen LogP contribution in [0.3, 0.4) is 0 Å². The minimum atomic E-state index is 0.775. The summed E-state index contributed by atoms with van der Waals surface area (Å²) < 4.78 is 0. The highest BCUT2D eigenvalue weighted by molar-refractivity contribution is 5.58. The number of aromatic nitrogens is 4. The zero-order valence-corrected chi connectivity index (χ0v) is 13.3. The van der Waals surface area contributed by atoms with Gasteiger partial charge in [0.1, 0.15) is 5.82 Å². The first-order valence-electron chi connectivity index (χ1n) is 8.04. The van der Waals surface area contributed by atoms with Crippen molar-refractivity contribution in [2.75, 3.05) is 36.0 Å². The number of anilines is 2. The van der Waals surface area contributed by atoms with Crippen LogP contribution >= 0.6 is 0 Å². The summed E-state index contributed by atoms with van der Waals surface area (Å²) in [6.07, 6.45) is 7.24. The predicted octanol–water partition coefficient (Wildman–Crippen LogP) is 2.26. The molecule has 4 heterocycles. The van der Waals surface area contributed by atoms with Crippen molar-refractivity contribution in [3.05, 3.63) is 61.2 Å². The zero-order chi connectivity index (χ0) is 16.2. The van der Waals surface area contributed by atoms with E-state index in [1.165, 1.54) is 0 Å². The Labute approximate surface area is 140 Å². The summed E-state index contributed by atoms with van der Waals surface area (Å²) in [6.45, 7) is 3.59. The molecule has 0 spiro atoms. The molecule has 0 unspecified atom stereocenters. The molecule has 3 aromatic heterocycles. The van der Waals surface area contributed by atoms with E-state index in [1.807, 2.05) is 48.9 Å². The van der Waals surface area contributed by atoms with E-state index in [4.69, 9.17) is 4.98 Å². The van der Waals surface area contributed by atoms with Crippen LogP contribution in [0.2, 0.25) is 0 Å². The fourth-order valence-electron chi connectivity index (χ4n) is 2.85. The van der Waals surface area contributed by atoms with Crippen LogP contribution < -0.4 is 9.80 Å². The van der Waals surface area contributed by atoms with E-state index in [0.717, 1.165) is 49.2 Å². The lowest BCUT2D eigenvalue weighted by atomic mass is 10.2. The van der Waals surface area contributed by atoms with E-state index < -0.39 is 0 Å². The third-order valence-corrected chi connectivity index (χ3v) is 4.14. The molecule has 120 valence electrons. The molecule has 1 fully saturated rings. The molecule has 1 aliphatic rings. The molecule has 1 saturated heterocycles. The molecule has 0 aromatic carbocycles. The van der Waals surface area contributed by atoms with Crippen molar-refractivity contribution in [1.82, 2.24) is 19.9 Å². The van der Waals surface area contributed by atoms with E-state index in [9.17, 15) is 0 Å². The highest BCUT2D eigenvalue weighted by atomic mass is 15.3. The Hall–Kier alpha value is -3.02. The maximum Gasteiger partial charge on any atom is 0.225 e. The van der Waals surface area contributed by atoms with E-state index in [2.05, 4.69) is 30.8 Å². The molecule has 0 N–H and O–H groups in total. The Morgan fingerprint density at radius 1 is 0.750 bits per heavy atom. The van der Waals surface area contributed by atoms with Gasteiger partial charge >= 0.3 is 0 Å². The van der Waals surface area contributed by atoms with Crippen molar-refractivity contribution in [1.29, 1.82) is 0 Å². The van der Waals surface area contributed by atoms with Crippen LogP contribution in [-0.2, 0) is 0 Å². The molecule has 0 saturated carbocycles. The summed E-state index contributed by atoms with van der Waals surface area (Å²) in [7, 11) is 0. The van der Waals surface area contributed by atoms with Crippen molar-refractivity contribution in [3.8, 4) is 11.3 Å². The lowest BCUT2D eigenvalue weighted by Crippen LogP contribution is -2.47. The van der Waals surface area contributed by atoms with Crippen molar-refractivity contribution >= 4 is 11.8 Å². The molecular weight excluding hydrogens is 300 g/mol. The van der Waals surface area contributed by atoms with Gasteiger partial charge in [0, 0.05) is 56.5 Å². The second kappa shape index (κ2) is 6.62. The molecule has 0 amide bonds. The number of hydrogen-bond acceptors (Lipinski definition) is 6. The van der Waals surface area contributed by atoms with E-state index in [0.29, 0.717) is 0 Å². The Morgan fingerprint density at radius 3 is 2.38 bits per heavy atom. The number of piperazine rings is 1. The number of rotatable bonds is 3. The Bertz CT molecular complexity index is 785. The first-order chi connectivity index (χ1) is 11.9. The van der Waals surface area contributed by atoms with Gasteiger partial charge in [0.05, 0.1) is 5.69 Å². The maximum atomic E-state index is 4.71. The van der Waals surface area contributed by atoms with Crippen LogP contribution in [-0.4, -0.2) is 46.1 Å². The molecule has 4 rings (SSSR count). The van der Waals surface area contributed by atoms with Gasteiger partial charge in [-0.25, -0.2) is 15.0 Å². The molecule has 6 nitrogen and oxygen atoms in total. The van der Waals surface area contributed by atoms with Gasteiger partial charge in [-0.05, 0) is 30.3 Å². The van der Waals surface area contributed by atoms with Crippen molar-refractivity contribution < 1.29 is 0 Å². The third-order valence-electron chi connectivity index (χ3n) is 4.14. The van der Waals surface area contributed by atoms with Crippen LogP contribution in [0, 0.1) is 0 Å². The van der Waals surface area contributed by atoms with Crippen molar-refractivity contribution in [2.45, 2.75) is 0 Å². The normalized spacial score (nSPS) is 14.7. The standard InChI is InChI=1S/C18H18N6/c1-2-8-20-17(5-1)23-10-12-24(13-11-23)18-21-9-6-16(22-18)15-4-3-7-19-14-15/h1-9,14H,10-13H2. The highest BCUT2D eigenvalue weighted by Crippen LogP contribution is 2.20. The topological polar surface area (TPSA) is 58.0 Å². The van der Waals surface area contributed by atoms with Gasteiger partial charge in [0.2, 0.25) is 5.95 Å². The quantitative estimate of drug-likeness (QED) is 0.738. The number of pyridine rings is 2. The molecule has 6 heteroatoms. The van der Waals surface area contributed by atoms with Gasteiger partial charge in [-0.1, -0.05) is 6.07 Å². The lowest BCUT2D eigenvalue weighted by Gasteiger charge is -2.35. The van der Waals surface area contributed by atoms with Gasteiger partial charge in [-0.2, -0.15) is 0 Å². The molecular formula is C18H18N6. The summed E-state index contributed by atoms with van der Waals surface area (Å²) >= 11 is 0. The predicted molar refractivity (Wildman–Crippen MR) is 93.9 cm³/mol. The molecule has 0 aliphatic carbocycles. The van der Waals surface area contributed by atoms with Crippen LogP contribution in [0.1, 0.15) is 0 Å². The molecule has 1 aliphatic heterocycles. The van der Waals surface area contributed by atoms with Gasteiger partial charge in [0.15, 0.2) is 0 Å². The van der Waals surface area contributed by atoms with Gasteiger partial charge < -0.3 is 9.80 Å². The smallest absolute Gasteiger partial charge is 0.225 e. The maximum absolute atomic E-state index is 4.71. The summed E-state index contributed by atoms with van der Waals surface area (Å²) in [4.78, 5) is 22.2. The van der Waals surface area contributed by atoms with Crippen LogP contribution in [0.25, 0.3) is 11.3 Å². The highest BCUT2D eigenvalue weighted by Gasteiger charge is 2.20. The van der Waals surface area contributed by atoms with Crippen LogP contribution in [0.4, 0.5) is 11.8 Å². The average Bonchev–Trinajstić information content (AvgIpc) is 2.70.